The molecule has 1 heterocycles. The lowest BCUT2D eigenvalue weighted by atomic mass is 9.60. The number of hydrogen-bond acceptors (Lipinski definition) is 3. The van der Waals surface area contributed by atoms with Gasteiger partial charge in [0.15, 0.2) is 0 Å². The van der Waals surface area contributed by atoms with Crippen LogP contribution in [0.15, 0.2) is 60.0 Å². The summed E-state index contributed by atoms with van der Waals surface area (Å²) in [6.45, 7) is 2.36. The Hall–Kier alpha value is -2.26. The largest absolute Gasteiger partial charge is 0.393 e. The van der Waals surface area contributed by atoms with Gasteiger partial charge in [0, 0.05) is 30.1 Å². The highest BCUT2D eigenvalue weighted by atomic mass is 16.3. The van der Waals surface area contributed by atoms with Gasteiger partial charge in [-0.05, 0) is 90.3 Å². The van der Waals surface area contributed by atoms with Crippen LogP contribution in [0.25, 0.3) is 10.8 Å². The number of nitrogens with zero attached hydrogens (tertiary/aromatic N) is 1. The van der Waals surface area contributed by atoms with Gasteiger partial charge in [-0.2, -0.15) is 0 Å². The lowest BCUT2D eigenvalue weighted by molar-refractivity contribution is -0.119. The first-order valence-electron chi connectivity index (χ1n) is 12.0. The van der Waals surface area contributed by atoms with Crippen LogP contribution in [0.3, 0.4) is 0 Å². The molecule has 6 atom stereocenters. The second-order valence-corrected chi connectivity index (χ2v) is 10.6. The number of aliphatic hydroxyl groups is 1. The molecule has 6 rings (SSSR count). The summed E-state index contributed by atoms with van der Waals surface area (Å²) in [6.07, 6.45) is 15.3. The Morgan fingerprint density at radius 2 is 1.94 bits per heavy atom. The molecule has 2 aromatic rings. The third-order valence-electron chi connectivity index (χ3n) is 8.96. The van der Waals surface area contributed by atoms with Crippen molar-refractivity contribution in [3.8, 4) is 0 Å². The molecule has 3 heteroatoms. The van der Waals surface area contributed by atoms with Crippen molar-refractivity contribution in [3.63, 3.8) is 0 Å². The molecule has 4 aliphatic rings. The number of hydrogen-bond donors (Lipinski definition) is 1. The molecule has 1 aromatic carbocycles. The number of fused-ring (bicyclic) bond motifs is 5. The summed E-state index contributed by atoms with van der Waals surface area (Å²) in [5.41, 5.74) is 4.05. The Morgan fingerprint density at radius 3 is 2.84 bits per heavy atom. The van der Waals surface area contributed by atoms with Crippen molar-refractivity contribution >= 4 is 16.6 Å². The van der Waals surface area contributed by atoms with Gasteiger partial charge in [0.2, 0.25) is 0 Å². The highest BCUT2D eigenvalue weighted by Crippen LogP contribution is 2.61. The van der Waals surface area contributed by atoms with E-state index in [1.54, 1.807) is 0 Å². The zero-order valence-corrected chi connectivity index (χ0v) is 18.3. The molecule has 3 nitrogen and oxygen atoms in total. The van der Waals surface area contributed by atoms with E-state index in [9.17, 15) is 9.90 Å². The smallest absolute Gasteiger partial charge is 0.141 e. The molecule has 1 N–H and O–H groups in total. The molecule has 0 spiro atoms. The molecule has 0 saturated heterocycles. The molecule has 31 heavy (non-hydrogen) atoms. The standard InChI is InChI=1S/C28H31NO2/c1-28-10-8-19-12-21-14-23(30)6-4-17(21)5-7-24(19)25(28)15-26(31)27(28)20-3-2-18-9-11-29-16-22(18)13-20/h2-3,8-9,11-13,16-17,23-25,27,30H,4-7,10,14-15H2,1H3. The highest BCUT2D eigenvalue weighted by Gasteiger charge is 2.56. The third-order valence-corrected chi connectivity index (χ3v) is 8.96. The Labute approximate surface area is 184 Å². The molecular weight excluding hydrogens is 382 g/mol. The molecule has 0 amide bonds. The summed E-state index contributed by atoms with van der Waals surface area (Å²) < 4.78 is 0. The van der Waals surface area contributed by atoms with Gasteiger partial charge < -0.3 is 5.11 Å². The molecule has 0 aliphatic heterocycles. The number of aromatic nitrogens is 1. The number of allylic oxidation sites excluding steroid dienone is 3. The van der Waals surface area contributed by atoms with Crippen molar-refractivity contribution in [3.05, 3.63) is 65.5 Å². The van der Waals surface area contributed by atoms with Crippen LogP contribution < -0.4 is 0 Å². The van der Waals surface area contributed by atoms with Crippen molar-refractivity contribution in [2.75, 3.05) is 0 Å². The molecule has 2 fully saturated rings. The number of pyridine rings is 1. The number of rotatable bonds is 1. The molecule has 4 aliphatic carbocycles. The second kappa shape index (κ2) is 7.13. The van der Waals surface area contributed by atoms with Crippen LogP contribution in [0.2, 0.25) is 0 Å². The maximum atomic E-state index is 13.4. The van der Waals surface area contributed by atoms with Gasteiger partial charge in [0.1, 0.15) is 5.78 Å². The molecule has 2 saturated carbocycles. The Kier molecular flexibility index (Phi) is 4.47. The summed E-state index contributed by atoms with van der Waals surface area (Å²) in [7, 11) is 0. The summed E-state index contributed by atoms with van der Waals surface area (Å²) in [5, 5.41) is 12.5. The first-order valence-corrected chi connectivity index (χ1v) is 12.0. The Balaban J connectivity index is 1.37. The van der Waals surface area contributed by atoms with Gasteiger partial charge in [0.25, 0.3) is 0 Å². The monoisotopic (exact) mass is 413 g/mol. The number of Topliss-reactive ketones (excluding diaryl/α,β-unsaturated/α-hetero) is 1. The van der Waals surface area contributed by atoms with E-state index in [4.69, 9.17) is 0 Å². The lowest BCUT2D eigenvalue weighted by Gasteiger charge is -2.43. The van der Waals surface area contributed by atoms with E-state index >= 15 is 0 Å². The predicted molar refractivity (Wildman–Crippen MR) is 123 cm³/mol. The summed E-state index contributed by atoms with van der Waals surface area (Å²) in [6, 6.07) is 8.54. The number of ketones is 1. The summed E-state index contributed by atoms with van der Waals surface area (Å²) in [5.74, 6) is 1.90. The van der Waals surface area contributed by atoms with Gasteiger partial charge in [-0.15, -0.1) is 0 Å². The average molecular weight is 414 g/mol. The quantitative estimate of drug-likeness (QED) is 0.648. The van der Waals surface area contributed by atoms with Crippen LogP contribution in [-0.2, 0) is 4.79 Å². The molecular formula is C28H31NO2. The predicted octanol–water partition coefficient (Wildman–Crippen LogP) is 5.74. The highest BCUT2D eigenvalue weighted by molar-refractivity contribution is 5.92. The average Bonchev–Trinajstić information content (AvgIpc) is 2.91. The summed E-state index contributed by atoms with van der Waals surface area (Å²) >= 11 is 0. The lowest BCUT2D eigenvalue weighted by Crippen LogP contribution is -2.36. The maximum absolute atomic E-state index is 13.4. The molecule has 160 valence electrons. The topological polar surface area (TPSA) is 50.2 Å². The van der Waals surface area contributed by atoms with Gasteiger partial charge in [-0.25, -0.2) is 0 Å². The summed E-state index contributed by atoms with van der Waals surface area (Å²) in [4.78, 5) is 17.7. The molecule has 1 aromatic heterocycles. The van der Waals surface area contributed by atoms with Crippen molar-refractivity contribution in [1.29, 1.82) is 0 Å². The number of benzene rings is 1. The van der Waals surface area contributed by atoms with Gasteiger partial charge >= 0.3 is 0 Å². The minimum absolute atomic E-state index is 0.0192. The number of aliphatic hydroxyl groups excluding tert-OH is 1. The van der Waals surface area contributed by atoms with Crippen molar-refractivity contribution < 1.29 is 9.90 Å². The van der Waals surface area contributed by atoms with Crippen molar-refractivity contribution in [1.82, 2.24) is 4.98 Å². The van der Waals surface area contributed by atoms with Crippen LogP contribution in [0, 0.1) is 23.2 Å². The second-order valence-electron chi connectivity index (χ2n) is 10.6. The fraction of sp³-hybridized carbons (Fsp3) is 0.500. The zero-order valence-electron chi connectivity index (χ0n) is 18.3. The van der Waals surface area contributed by atoms with E-state index < -0.39 is 0 Å². The van der Waals surface area contributed by atoms with E-state index in [0.29, 0.717) is 30.0 Å². The molecule has 6 unspecified atom stereocenters. The normalized spacial score (nSPS) is 37.4. The fourth-order valence-corrected chi connectivity index (χ4v) is 7.35. The third kappa shape index (κ3) is 3.04. The van der Waals surface area contributed by atoms with E-state index in [1.807, 2.05) is 18.5 Å². The minimum atomic E-state index is -0.173. The Morgan fingerprint density at radius 1 is 1.06 bits per heavy atom. The van der Waals surface area contributed by atoms with E-state index in [0.717, 1.165) is 36.6 Å². The first kappa shape index (κ1) is 19.4. The van der Waals surface area contributed by atoms with Crippen LogP contribution in [-0.4, -0.2) is 22.0 Å². The first-order chi connectivity index (χ1) is 15.0. The SMILES string of the molecule is CC12CC=C3C=C4CC(O)CCC4CCC3C1CC(=O)C2c1ccc2ccncc2c1. The van der Waals surface area contributed by atoms with E-state index in [1.165, 1.54) is 29.4 Å². The van der Waals surface area contributed by atoms with Crippen LogP contribution in [0.5, 0.6) is 0 Å². The minimum Gasteiger partial charge on any atom is -0.393 e. The maximum Gasteiger partial charge on any atom is 0.141 e. The van der Waals surface area contributed by atoms with Gasteiger partial charge in [0.05, 0.1) is 6.10 Å². The van der Waals surface area contributed by atoms with Gasteiger partial charge in [-0.3, -0.25) is 9.78 Å². The van der Waals surface area contributed by atoms with Crippen LogP contribution >= 0.6 is 0 Å². The number of carbonyl (C=O) groups excluding carboxylic acids is 1. The van der Waals surface area contributed by atoms with E-state index in [-0.39, 0.29) is 17.4 Å². The fourth-order valence-electron chi connectivity index (χ4n) is 7.35. The van der Waals surface area contributed by atoms with Crippen LogP contribution in [0.1, 0.15) is 63.4 Å². The molecule has 0 radical (unpaired) electrons. The zero-order chi connectivity index (χ0) is 21.2. The van der Waals surface area contributed by atoms with Crippen molar-refractivity contribution in [2.45, 2.75) is 63.9 Å². The van der Waals surface area contributed by atoms with Gasteiger partial charge in [-0.1, -0.05) is 36.8 Å². The molecule has 0 bridgehead atoms. The van der Waals surface area contributed by atoms with Crippen molar-refractivity contribution in [2.24, 2.45) is 23.2 Å². The van der Waals surface area contributed by atoms with Crippen LogP contribution in [0.4, 0.5) is 0 Å². The number of carbonyl (C=O) groups is 1. The Bertz CT molecular complexity index is 1110. The van der Waals surface area contributed by atoms with E-state index in [2.05, 4.69) is 42.3 Å².